The van der Waals surface area contributed by atoms with Gasteiger partial charge >= 0.3 is 0 Å². The zero-order valence-electron chi connectivity index (χ0n) is 7.17. The molecule has 1 aromatic rings. The van der Waals surface area contributed by atoms with Gasteiger partial charge in [0.1, 0.15) is 5.69 Å². The fourth-order valence-electron chi connectivity index (χ4n) is 1.03. The van der Waals surface area contributed by atoms with Crippen LogP contribution in [0.1, 0.15) is 23.4 Å². The number of hydrogen-bond donors (Lipinski definition) is 2. The molecule has 0 saturated heterocycles. The van der Waals surface area contributed by atoms with Crippen LogP contribution in [0.15, 0.2) is 6.07 Å². The smallest absolute Gasteiger partial charge is 0.280 e. The fourth-order valence-corrected chi connectivity index (χ4v) is 1.26. The molecule has 0 aliphatic carbocycles. The van der Waals surface area contributed by atoms with E-state index >= 15 is 0 Å². The molecular weight excluding hydrogens is 214 g/mol. The Morgan fingerprint density at radius 3 is 2.64 bits per heavy atom. The van der Waals surface area contributed by atoms with E-state index in [1.165, 1.54) is 0 Å². The lowest BCUT2D eigenvalue weighted by molar-refractivity contribution is 0.145. The number of hydrogen-bond acceptors (Lipinski definition) is 3. The third-order valence-corrected chi connectivity index (χ3v) is 2.18. The van der Waals surface area contributed by atoms with E-state index in [4.69, 9.17) is 22.4 Å². The van der Waals surface area contributed by atoms with E-state index in [9.17, 15) is 8.78 Å². The first kappa shape index (κ1) is 11.3. The van der Waals surface area contributed by atoms with Gasteiger partial charge in [-0.2, -0.15) is 0 Å². The number of rotatable bonds is 3. The summed E-state index contributed by atoms with van der Waals surface area (Å²) in [5.74, 6) is 0. The molecule has 0 atom stereocenters. The Morgan fingerprint density at radius 2 is 2.21 bits per heavy atom. The minimum Gasteiger partial charge on any atom is -0.390 e. The highest BCUT2D eigenvalue weighted by atomic mass is 35.5. The summed E-state index contributed by atoms with van der Waals surface area (Å²) in [6.45, 7) is -0.444. The van der Waals surface area contributed by atoms with Crippen LogP contribution in [-0.2, 0) is 13.2 Å². The molecule has 0 fully saturated rings. The maximum atomic E-state index is 12.3. The topological polar surface area (TPSA) is 59.1 Å². The van der Waals surface area contributed by atoms with E-state index in [0.717, 1.165) is 6.07 Å². The maximum Gasteiger partial charge on any atom is 0.280 e. The lowest BCUT2D eigenvalue weighted by Gasteiger charge is -2.08. The molecule has 1 aromatic heterocycles. The van der Waals surface area contributed by atoms with Gasteiger partial charge in [0.25, 0.3) is 6.43 Å². The molecule has 0 amide bonds. The normalized spacial score (nSPS) is 11.0. The molecule has 0 aliphatic heterocycles. The van der Waals surface area contributed by atoms with Gasteiger partial charge in [-0.3, -0.25) is 0 Å². The molecule has 6 heteroatoms. The van der Waals surface area contributed by atoms with Gasteiger partial charge in [0.15, 0.2) is 0 Å². The molecule has 1 heterocycles. The van der Waals surface area contributed by atoms with Crippen molar-refractivity contribution in [3.63, 3.8) is 0 Å². The second kappa shape index (κ2) is 4.63. The van der Waals surface area contributed by atoms with Crippen LogP contribution >= 0.6 is 11.6 Å². The molecule has 0 bridgehead atoms. The van der Waals surface area contributed by atoms with Crippen molar-refractivity contribution in [1.29, 1.82) is 0 Å². The molecule has 3 N–H and O–H groups in total. The number of pyridine rings is 1. The SMILES string of the molecule is NCc1cc(C(F)F)nc(CO)c1Cl. The summed E-state index contributed by atoms with van der Waals surface area (Å²) in [6, 6.07) is 1.14. The summed E-state index contributed by atoms with van der Waals surface area (Å²) >= 11 is 5.74. The van der Waals surface area contributed by atoms with E-state index in [1.54, 1.807) is 0 Å². The highest BCUT2D eigenvalue weighted by Crippen LogP contribution is 2.25. The fraction of sp³-hybridized carbons (Fsp3) is 0.375. The minimum atomic E-state index is -2.69. The van der Waals surface area contributed by atoms with Gasteiger partial charge in [-0.25, -0.2) is 13.8 Å². The summed E-state index contributed by atoms with van der Waals surface area (Å²) in [7, 11) is 0. The molecule has 0 spiro atoms. The third-order valence-electron chi connectivity index (χ3n) is 1.71. The van der Waals surface area contributed by atoms with Crippen LogP contribution in [0.4, 0.5) is 8.78 Å². The van der Waals surface area contributed by atoms with Crippen molar-refractivity contribution in [2.75, 3.05) is 0 Å². The summed E-state index contributed by atoms with van der Waals surface area (Å²) in [5, 5.41) is 8.96. The van der Waals surface area contributed by atoms with Gasteiger partial charge in [-0.1, -0.05) is 11.6 Å². The molecule has 0 aliphatic rings. The van der Waals surface area contributed by atoms with E-state index in [2.05, 4.69) is 4.98 Å². The van der Waals surface area contributed by atoms with Gasteiger partial charge in [0.05, 0.1) is 17.3 Å². The molecule has 14 heavy (non-hydrogen) atoms. The lowest BCUT2D eigenvalue weighted by atomic mass is 10.2. The van der Waals surface area contributed by atoms with Crippen LogP contribution in [0.5, 0.6) is 0 Å². The largest absolute Gasteiger partial charge is 0.390 e. The van der Waals surface area contributed by atoms with Crippen molar-refractivity contribution in [3.05, 3.63) is 28.0 Å². The predicted molar refractivity (Wildman–Crippen MR) is 48.0 cm³/mol. The number of nitrogens with zero attached hydrogens (tertiary/aromatic N) is 1. The zero-order chi connectivity index (χ0) is 10.7. The number of halogens is 3. The Bertz CT molecular complexity index is 308. The second-order valence-corrected chi connectivity index (χ2v) is 3.01. The number of aliphatic hydroxyl groups is 1. The summed E-state index contributed by atoms with van der Waals surface area (Å²) in [5.41, 5.74) is 5.28. The first-order valence-corrected chi connectivity index (χ1v) is 4.25. The molecule has 0 unspecified atom stereocenters. The van der Waals surface area contributed by atoms with Crippen molar-refractivity contribution >= 4 is 11.6 Å². The number of aliphatic hydroxyl groups excluding tert-OH is 1. The van der Waals surface area contributed by atoms with Crippen molar-refractivity contribution in [3.8, 4) is 0 Å². The average molecular weight is 223 g/mol. The lowest BCUT2D eigenvalue weighted by Crippen LogP contribution is -2.05. The van der Waals surface area contributed by atoms with Gasteiger partial charge < -0.3 is 10.8 Å². The summed E-state index contributed by atoms with van der Waals surface area (Å²) < 4.78 is 24.6. The second-order valence-electron chi connectivity index (χ2n) is 2.63. The first-order chi connectivity index (χ1) is 6.60. The molecule has 1 rings (SSSR count). The first-order valence-electron chi connectivity index (χ1n) is 3.87. The Hall–Kier alpha value is -0.780. The van der Waals surface area contributed by atoms with Gasteiger partial charge in [0.2, 0.25) is 0 Å². The predicted octanol–water partition coefficient (Wildman–Crippen LogP) is 1.62. The molecular formula is C8H9ClF2N2O. The Kier molecular flexibility index (Phi) is 3.74. The van der Waals surface area contributed by atoms with Crippen LogP contribution in [0, 0.1) is 0 Å². The van der Waals surface area contributed by atoms with Crippen LogP contribution in [-0.4, -0.2) is 10.1 Å². The van der Waals surface area contributed by atoms with Crippen LogP contribution < -0.4 is 5.73 Å². The third kappa shape index (κ3) is 2.17. The van der Waals surface area contributed by atoms with Crippen LogP contribution in [0.2, 0.25) is 5.02 Å². The standard InChI is InChI=1S/C8H9ClF2N2O/c9-7-4(2-12)1-5(8(10)11)13-6(7)3-14/h1,8,14H,2-3,12H2. The van der Waals surface area contributed by atoms with Gasteiger partial charge in [-0.15, -0.1) is 0 Å². The van der Waals surface area contributed by atoms with Gasteiger partial charge in [-0.05, 0) is 11.6 Å². The van der Waals surface area contributed by atoms with E-state index in [-0.39, 0.29) is 17.3 Å². The Morgan fingerprint density at radius 1 is 1.57 bits per heavy atom. The molecule has 0 saturated carbocycles. The number of aromatic nitrogens is 1. The minimum absolute atomic E-state index is 0.0323. The van der Waals surface area contributed by atoms with E-state index in [1.807, 2.05) is 0 Å². The average Bonchev–Trinajstić information content (AvgIpc) is 2.17. The van der Waals surface area contributed by atoms with Crippen molar-refractivity contribution in [2.24, 2.45) is 5.73 Å². The summed E-state index contributed by atoms with van der Waals surface area (Å²) in [6.07, 6.45) is -2.69. The quantitative estimate of drug-likeness (QED) is 0.817. The van der Waals surface area contributed by atoms with Gasteiger partial charge in [0, 0.05) is 6.54 Å². The molecule has 78 valence electrons. The highest BCUT2D eigenvalue weighted by molar-refractivity contribution is 6.32. The Labute approximate surface area is 84.5 Å². The monoisotopic (exact) mass is 222 g/mol. The van der Waals surface area contributed by atoms with E-state index < -0.39 is 18.7 Å². The zero-order valence-corrected chi connectivity index (χ0v) is 7.93. The van der Waals surface area contributed by atoms with Crippen LogP contribution in [0.25, 0.3) is 0 Å². The molecule has 0 aromatic carbocycles. The summed E-state index contributed by atoms with van der Waals surface area (Å²) in [4.78, 5) is 3.51. The van der Waals surface area contributed by atoms with E-state index in [0.29, 0.717) is 5.56 Å². The highest BCUT2D eigenvalue weighted by Gasteiger charge is 2.15. The Balaban J connectivity index is 3.25. The van der Waals surface area contributed by atoms with Crippen LogP contribution in [0.3, 0.4) is 0 Å². The van der Waals surface area contributed by atoms with Crippen molar-refractivity contribution in [2.45, 2.75) is 19.6 Å². The number of nitrogens with two attached hydrogens (primary N) is 1. The molecule has 0 radical (unpaired) electrons. The number of alkyl halides is 2. The molecule has 3 nitrogen and oxygen atoms in total. The van der Waals surface area contributed by atoms with Crippen molar-refractivity contribution in [1.82, 2.24) is 4.98 Å². The van der Waals surface area contributed by atoms with Crippen molar-refractivity contribution < 1.29 is 13.9 Å². The maximum absolute atomic E-state index is 12.3.